The Bertz CT molecular complexity index is 1360. The molecule has 0 radical (unpaired) electrons. The number of anilines is 1. The summed E-state index contributed by atoms with van der Waals surface area (Å²) in [5.74, 6) is 0.878. The van der Waals surface area contributed by atoms with E-state index in [4.69, 9.17) is 18.9 Å². The molecule has 14 nitrogen and oxygen atoms in total. The molecule has 1 aromatic carbocycles. The van der Waals surface area contributed by atoms with E-state index < -0.39 is 11.9 Å². The first-order chi connectivity index (χ1) is 19.7. The van der Waals surface area contributed by atoms with E-state index in [0.717, 1.165) is 0 Å². The average Bonchev–Trinajstić information content (AvgIpc) is 3.61. The molecule has 1 N–H and O–H groups in total. The molecule has 1 atom stereocenters. The van der Waals surface area contributed by atoms with Crippen LogP contribution in [0.4, 0.5) is 10.5 Å². The number of para-hydroxylation sites is 1. The van der Waals surface area contributed by atoms with Crippen LogP contribution in [0, 0.1) is 6.92 Å². The zero-order valence-corrected chi connectivity index (χ0v) is 23.8. The van der Waals surface area contributed by atoms with Crippen molar-refractivity contribution in [1.82, 2.24) is 29.4 Å². The molecule has 0 saturated carbocycles. The molecule has 3 amide bonds. The number of hydrogen-bond acceptors (Lipinski definition) is 9. The van der Waals surface area contributed by atoms with Crippen LogP contribution in [-0.2, 0) is 16.3 Å². The van der Waals surface area contributed by atoms with Gasteiger partial charge in [0.1, 0.15) is 6.04 Å². The molecule has 0 bridgehead atoms. The lowest BCUT2D eigenvalue weighted by molar-refractivity contribution is -0.136. The van der Waals surface area contributed by atoms with Gasteiger partial charge in [0.15, 0.2) is 23.9 Å². The minimum Gasteiger partial charge on any atom is -0.493 e. The number of aromatic nitrogens is 4. The first-order valence-corrected chi connectivity index (χ1v) is 13.2. The molecule has 3 heterocycles. The largest absolute Gasteiger partial charge is 0.493 e. The Kier molecular flexibility index (Phi) is 9.32. The Morgan fingerprint density at radius 3 is 2.29 bits per heavy atom. The molecule has 0 spiro atoms. The lowest BCUT2D eigenvalue weighted by atomic mass is 10.2. The fourth-order valence-electron chi connectivity index (χ4n) is 4.34. The van der Waals surface area contributed by atoms with Crippen LogP contribution in [0.15, 0.2) is 36.7 Å². The van der Waals surface area contributed by atoms with Crippen molar-refractivity contribution in [2.45, 2.75) is 33.5 Å². The van der Waals surface area contributed by atoms with Crippen LogP contribution in [-0.4, -0.2) is 94.3 Å². The second kappa shape index (κ2) is 13.1. The highest BCUT2D eigenvalue weighted by Gasteiger charge is 2.29. The SMILES string of the molecule is CCOC(=O)N1CCN(C(=O)C(C)n2cc(NC(=O)c3ccn(COc4c(OC)cccc4OC)n3)c(C)n2)CC1. The van der Waals surface area contributed by atoms with E-state index in [1.807, 2.05) is 0 Å². The van der Waals surface area contributed by atoms with E-state index in [0.29, 0.717) is 61.4 Å². The van der Waals surface area contributed by atoms with Gasteiger partial charge in [-0.1, -0.05) is 6.07 Å². The predicted molar refractivity (Wildman–Crippen MR) is 147 cm³/mol. The first kappa shape index (κ1) is 29.2. The monoisotopic (exact) mass is 569 g/mol. The predicted octanol–water partition coefficient (Wildman–Crippen LogP) is 2.56. The van der Waals surface area contributed by atoms with E-state index in [1.165, 1.54) is 23.6 Å². The Balaban J connectivity index is 1.34. The third kappa shape index (κ3) is 6.70. The lowest BCUT2D eigenvalue weighted by Crippen LogP contribution is -2.52. The Morgan fingerprint density at radius 2 is 1.66 bits per heavy atom. The number of piperazine rings is 1. The molecule has 0 aliphatic carbocycles. The Hall–Kier alpha value is -4.75. The van der Waals surface area contributed by atoms with Gasteiger partial charge in [0.2, 0.25) is 11.7 Å². The second-order valence-corrected chi connectivity index (χ2v) is 9.26. The van der Waals surface area contributed by atoms with Gasteiger partial charge in [-0.05, 0) is 39.0 Å². The number of ether oxygens (including phenoxy) is 4. The number of carbonyl (C=O) groups excluding carboxylic acids is 3. The van der Waals surface area contributed by atoms with Crippen LogP contribution in [0.25, 0.3) is 0 Å². The minimum absolute atomic E-state index is 0.0225. The van der Waals surface area contributed by atoms with E-state index in [2.05, 4.69) is 15.5 Å². The van der Waals surface area contributed by atoms with Gasteiger partial charge in [-0.15, -0.1) is 0 Å². The average molecular weight is 570 g/mol. The molecule has 1 aliphatic rings. The van der Waals surface area contributed by atoms with E-state index >= 15 is 0 Å². The van der Waals surface area contributed by atoms with Gasteiger partial charge in [-0.2, -0.15) is 10.2 Å². The van der Waals surface area contributed by atoms with E-state index in [1.54, 1.807) is 67.2 Å². The maximum absolute atomic E-state index is 13.1. The summed E-state index contributed by atoms with van der Waals surface area (Å²) >= 11 is 0. The summed E-state index contributed by atoms with van der Waals surface area (Å²) in [6.45, 7) is 7.19. The van der Waals surface area contributed by atoms with Crippen molar-refractivity contribution in [3.63, 3.8) is 0 Å². The quantitative estimate of drug-likeness (QED) is 0.390. The molecule has 1 fully saturated rings. The molecule has 220 valence electrons. The van der Waals surface area contributed by atoms with Crippen molar-refractivity contribution in [2.24, 2.45) is 0 Å². The zero-order chi connectivity index (χ0) is 29.5. The summed E-state index contributed by atoms with van der Waals surface area (Å²) in [6, 6.07) is 6.26. The number of aryl methyl sites for hydroxylation is 1. The van der Waals surface area contributed by atoms with Crippen LogP contribution in [0.5, 0.6) is 17.2 Å². The normalized spacial score (nSPS) is 13.9. The molecule has 2 aromatic heterocycles. The third-order valence-corrected chi connectivity index (χ3v) is 6.63. The molecule has 41 heavy (non-hydrogen) atoms. The number of hydrogen-bond donors (Lipinski definition) is 1. The summed E-state index contributed by atoms with van der Waals surface area (Å²) in [4.78, 5) is 41.3. The molecule has 1 unspecified atom stereocenters. The first-order valence-electron chi connectivity index (χ1n) is 13.2. The molecular formula is C27H35N7O7. The maximum Gasteiger partial charge on any atom is 0.409 e. The van der Waals surface area contributed by atoms with Gasteiger partial charge in [0.05, 0.1) is 32.2 Å². The van der Waals surface area contributed by atoms with E-state index in [9.17, 15) is 14.4 Å². The fraction of sp³-hybridized carbons (Fsp3) is 0.444. The van der Waals surface area contributed by atoms with Crippen LogP contribution < -0.4 is 19.5 Å². The van der Waals surface area contributed by atoms with Crippen LogP contribution in [0.2, 0.25) is 0 Å². The Labute approximate surface area is 237 Å². The standard InChI is InChI=1S/C27H35N7O7/c1-6-40-27(37)32-14-12-31(13-15-32)26(36)19(3)34-16-21(18(2)29-34)28-25(35)20-10-11-33(30-20)17-41-24-22(38-4)8-7-9-23(24)39-5/h7-11,16,19H,6,12-15,17H2,1-5H3,(H,28,35). The summed E-state index contributed by atoms with van der Waals surface area (Å²) in [7, 11) is 3.07. The zero-order valence-electron chi connectivity index (χ0n) is 23.8. The highest BCUT2D eigenvalue weighted by molar-refractivity contribution is 6.03. The highest BCUT2D eigenvalue weighted by atomic mass is 16.6. The number of nitrogens with zero attached hydrogens (tertiary/aromatic N) is 6. The number of carbonyl (C=O) groups is 3. The third-order valence-electron chi connectivity index (χ3n) is 6.63. The Morgan fingerprint density at radius 1 is 1.00 bits per heavy atom. The summed E-state index contributed by atoms with van der Waals surface area (Å²) < 4.78 is 24.5. The van der Waals surface area contributed by atoms with Crippen molar-refractivity contribution >= 4 is 23.6 Å². The van der Waals surface area contributed by atoms with Gasteiger partial charge < -0.3 is 34.1 Å². The van der Waals surface area contributed by atoms with Crippen molar-refractivity contribution in [2.75, 3.05) is 52.3 Å². The highest BCUT2D eigenvalue weighted by Crippen LogP contribution is 2.36. The summed E-state index contributed by atoms with van der Waals surface area (Å²) in [5.41, 5.74) is 1.19. The smallest absolute Gasteiger partial charge is 0.409 e. The number of methoxy groups -OCH3 is 2. The minimum atomic E-state index is -0.600. The number of benzene rings is 1. The second-order valence-electron chi connectivity index (χ2n) is 9.26. The number of nitrogens with one attached hydrogen (secondary N) is 1. The van der Waals surface area contributed by atoms with Crippen molar-refractivity contribution in [1.29, 1.82) is 0 Å². The molecule has 3 aromatic rings. The molecular weight excluding hydrogens is 534 g/mol. The summed E-state index contributed by atoms with van der Waals surface area (Å²) in [6.07, 6.45) is 2.87. The maximum atomic E-state index is 13.1. The molecule has 1 saturated heterocycles. The topological polar surface area (TPSA) is 142 Å². The van der Waals surface area contributed by atoms with Gasteiger partial charge >= 0.3 is 6.09 Å². The van der Waals surface area contributed by atoms with Gasteiger partial charge in [-0.3, -0.25) is 14.3 Å². The van der Waals surface area contributed by atoms with Crippen LogP contribution >= 0.6 is 0 Å². The molecule has 1 aliphatic heterocycles. The van der Waals surface area contributed by atoms with Crippen LogP contribution in [0.1, 0.15) is 36.1 Å². The van der Waals surface area contributed by atoms with Gasteiger partial charge in [-0.25, -0.2) is 9.48 Å². The number of rotatable bonds is 10. The van der Waals surface area contributed by atoms with E-state index in [-0.39, 0.29) is 24.4 Å². The van der Waals surface area contributed by atoms with Crippen molar-refractivity contribution in [3.05, 3.63) is 48.0 Å². The lowest BCUT2D eigenvalue weighted by Gasteiger charge is -2.35. The molecule has 4 rings (SSSR count). The van der Waals surface area contributed by atoms with Gasteiger partial charge in [0, 0.05) is 38.6 Å². The number of amides is 3. The van der Waals surface area contributed by atoms with Crippen molar-refractivity contribution < 1.29 is 33.3 Å². The molecule has 14 heteroatoms. The van der Waals surface area contributed by atoms with Crippen molar-refractivity contribution in [3.8, 4) is 17.2 Å². The van der Waals surface area contributed by atoms with Gasteiger partial charge in [0.25, 0.3) is 5.91 Å². The van der Waals surface area contributed by atoms with Crippen LogP contribution in [0.3, 0.4) is 0 Å². The fourth-order valence-corrected chi connectivity index (χ4v) is 4.34. The summed E-state index contributed by atoms with van der Waals surface area (Å²) in [5, 5.41) is 11.6.